The predicted molar refractivity (Wildman–Crippen MR) is 44.5 cm³/mol. The summed E-state index contributed by atoms with van der Waals surface area (Å²) >= 11 is 1.76. The average molecular weight is 162 g/mol. The molecule has 0 aromatic carbocycles. The van der Waals surface area contributed by atoms with Gasteiger partial charge in [0, 0.05) is 25.0 Å². The third-order valence-corrected chi connectivity index (χ3v) is 1.98. The van der Waals surface area contributed by atoms with E-state index in [-0.39, 0.29) is 5.78 Å². The Labute approximate surface area is 66.3 Å². The van der Waals surface area contributed by atoms with Crippen LogP contribution in [0.3, 0.4) is 0 Å². The fourth-order valence-electron chi connectivity index (χ4n) is 0.460. The summed E-state index contributed by atoms with van der Waals surface area (Å²) in [7, 11) is 1.69. The molecule has 0 saturated carbocycles. The van der Waals surface area contributed by atoms with Crippen molar-refractivity contribution in [1.29, 1.82) is 0 Å². The van der Waals surface area contributed by atoms with Crippen LogP contribution in [0.5, 0.6) is 0 Å². The molecule has 3 heteroatoms. The molecule has 0 saturated heterocycles. The van der Waals surface area contributed by atoms with E-state index in [9.17, 15) is 4.79 Å². The molecular formula is C7H14O2S. The Morgan fingerprint density at radius 2 is 2.20 bits per heavy atom. The van der Waals surface area contributed by atoms with Crippen molar-refractivity contribution in [1.82, 2.24) is 0 Å². The molecule has 0 amide bonds. The molecule has 0 fully saturated rings. The first-order chi connectivity index (χ1) is 4.77. The summed E-state index contributed by atoms with van der Waals surface area (Å²) in [4.78, 5) is 10.4. The molecule has 10 heavy (non-hydrogen) atoms. The van der Waals surface area contributed by atoms with Crippen molar-refractivity contribution >= 4 is 17.5 Å². The standard InChI is InChI=1S/C7H14O2S/c1-7(8)3-5-10-6-4-9-2/h3-6H2,1-2H3. The normalized spacial score (nSPS) is 9.80. The number of methoxy groups -OCH3 is 1. The SMILES string of the molecule is COCCSCCC(C)=O. The lowest BCUT2D eigenvalue weighted by Crippen LogP contribution is -1.96. The molecule has 2 nitrogen and oxygen atoms in total. The van der Waals surface area contributed by atoms with Crippen LogP contribution in [0, 0.1) is 0 Å². The summed E-state index contributed by atoms with van der Waals surface area (Å²) in [6, 6.07) is 0. The molecule has 0 unspecified atom stereocenters. The lowest BCUT2D eigenvalue weighted by molar-refractivity contribution is -0.116. The van der Waals surface area contributed by atoms with Gasteiger partial charge in [-0.15, -0.1) is 0 Å². The van der Waals surface area contributed by atoms with Crippen LogP contribution in [0.2, 0.25) is 0 Å². The lowest BCUT2D eigenvalue weighted by atomic mass is 10.4. The van der Waals surface area contributed by atoms with E-state index in [0.29, 0.717) is 6.42 Å². The molecule has 60 valence electrons. The minimum absolute atomic E-state index is 0.268. The number of rotatable bonds is 6. The maximum Gasteiger partial charge on any atom is 0.130 e. The highest BCUT2D eigenvalue weighted by Gasteiger charge is 1.92. The van der Waals surface area contributed by atoms with Crippen molar-refractivity contribution in [3.8, 4) is 0 Å². The van der Waals surface area contributed by atoms with E-state index < -0.39 is 0 Å². The summed E-state index contributed by atoms with van der Waals surface area (Å²) in [5.74, 6) is 2.19. The van der Waals surface area contributed by atoms with E-state index in [1.807, 2.05) is 0 Å². The number of ether oxygens (including phenoxy) is 1. The summed E-state index contributed by atoms with van der Waals surface area (Å²) in [6.45, 7) is 2.40. The molecule has 0 aromatic rings. The first kappa shape index (κ1) is 9.98. The van der Waals surface area contributed by atoms with Crippen molar-refractivity contribution in [3.05, 3.63) is 0 Å². The monoisotopic (exact) mass is 162 g/mol. The number of hydrogen-bond donors (Lipinski definition) is 0. The maximum atomic E-state index is 10.4. The largest absolute Gasteiger partial charge is 0.384 e. The summed E-state index contributed by atoms with van der Waals surface area (Å²) < 4.78 is 4.84. The molecule has 0 aliphatic heterocycles. The highest BCUT2D eigenvalue weighted by Crippen LogP contribution is 2.01. The van der Waals surface area contributed by atoms with Crippen molar-refractivity contribution in [2.75, 3.05) is 25.2 Å². The van der Waals surface area contributed by atoms with E-state index in [4.69, 9.17) is 4.74 Å². The molecule has 0 bridgehead atoms. The first-order valence-corrected chi connectivity index (χ1v) is 4.49. The Morgan fingerprint density at radius 1 is 1.50 bits per heavy atom. The molecular weight excluding hydrogens is 148 g/mol. The zero-order chi connectivity index (χ0) is 7.82. The quantitative estimate of drug-likeness (QED) is 0.551. The fraction of sp³-hybridized carbons (Fsp3) is 0.857. The Morgan fingerprint density at radius 3 is 2.70 bits per heavy atom. The molecule has 0 N–H and O–H groups in total. The van der Waals surface area contributed by atoms with Crippen LogP contribution < -0.4 is 0 Å². The summed E-state index contributed by atoms with van der Waals surface area (Å²) in [6.07, 6.45) is 0.689. The molecule has 0 aliphatic rings. The average Bonchev–Trinajstić information content (AvgIpc) is 1.87. The van der Waals surface area contributed by atoms with E-state index in [1.54, 1.807) is 25.8 Å². The van der Waals surface area contributed by atoms with Gasteiger partial charge in [-0.1, -0.05) is 0 Å². The van der Waals surface area contributed by atoms with Gasteiger partial charge in [-0.3, -0.25) is 4.79 Å². The first-order valence-electron chi connectivity index (χ1n) is 3.33. The van der Waals surface area contributed by atoms with Crippen LogP contribution in [0.4, 0.5) is 0 Å². The van der Waals surface area contributed by atoms with Crippen LogP contribution in [-0.4, -0.2) is 31.0 Å². The number of carbonyl (C=O) groups is 1. The summed E-state index contributed by atoms with van der Waals surface area (Å²) in [5, 5.41) is 0. The third-order valence-electron chi connectivity index (χ3n) is 1.03. The molecule has 0 aliphatic carbocycles. The Balaban J connectivity index is 2.84. The number of Topliss-reactive ketones (excluding diaryl/α,β-unsaturated/α-hetero) is 1. The molecule has 0 rings (SSSR count). The van der Waals surface area contributed by atoms with E-state index in [2.05, 4.69) is 0 Å². The summed E-state index contributed by atoms with van der Waals surface area (Å²) in [5.41, 5.74) is 0. The fourth-order valence-corrected chi connectivity index (χ4v) is 1.38. The van der Waals surface area contributed by atoms with Gasteiger partial charge in [0.2, 0.25) is 0 Å². The van der Waals surface area contributed by atoms with Gasteiger partial charge < -0.3 is 4.74 Å². The minimum atomic E-state index is 0.268. The zero-order valence-corrected chi connectivity index (χ0v) is 7.37. The van der Waals surface area contributed by atoms with Crippen LogP contribution in [0.25, 0.3) is 0 Å². The highest BCUT2D eigenvalue weighted by atomic mass is 32.2. The molecule has 0 heterocycles. The van der Waals surface area contributed by atoms with Crippen LogP contribution >= 0.6 is 11.8 Å². The van der Waals surface area contributed by atoms with Gasteiger partial charge in [0.15, 0.2) is 0 Å². The molecule has 0 aromatic heterocycles. The molecule has 0 atom stereocenters. The number of ketones is 1. The van der Waals surface area contributed by atoms with E-state index in [1.165, 1.54) is 0 Å². The Hall–Kier alpha value is -0.0200. The smallest absolute Gasteiger partial charge is 0.130 e. The molecule has 0 radical (unpaired) electrons. The van der Waals surface area contributed by atoms with Gasteiger partial charge in [-0.05, 0) is 6.92 Å². The number of thioether (sulfide) groups is 1. The Kier molecular flexibility index (Phi) is 7.08. The second kappa shape index (κ2) is 7.09. The molecule has 0 spiro atoms. The lowest BCUT2D eigenvalue weighted by Gasteiger charge is -1.97. The zero-order valence-electron chi connectivity index (χ0n) is 6.55. The van der Waals surface area contributed by atoms with Crippen LogP contribution in [0.1, 0.15) is 13.3 Å². The van der Waals surface area contributed by atoms with Gasteiger partial charge in [0.05, 0.1) is 6.61 Å². The van der Waals surface area contributed by atoms with Gasteiger partial charge in [0.25, 0.3) is 0 Å². The topological polar surface area (TPSA) is 26.3 Å². The predicted octanol–water partition coefficient (Wildman–Crippen LogP) is 1.35. The van der Waals surface area contributed by atoms with Crippen molar-refractivity contribution in [3.63, 3.8) is 0 Å². The van der Waals surface area contributed by atoms with Gasteiger partial charge in [-0.2, -0.15) is 11.8 Å². The van der Waals surface area contributed by atoms with Crippen LogP contribution in [0.15, 0.2) is 0 Å². The second-order valence-electron chi connectivity index (χ2n) is 2.06. The van der Waals surface area contributed by atoms with Crippen molar-refractivity contribution in [2.45, 2.75) is 13.3 Å². The van der Waals surface area contributed by atoms with Crippen molar-refractivity contribution in [2.24, 2.45) is 0 Å². The highest BCUT2D eigenvalue weighted by molar-refractivity contribution is 7.99. The van der Waals surface area contributed by atoms with Crippen LogP contribution in [-0.2, 0) is 9.53 Å². The third kappa shape index (κ3) is 7.98. The van der Waals surface area contributed by atoms with Crippen molar-refractivity contribution < 1.29 is 9.53 Å². The van der Waals surface area contributed by atoms with E-state index >= 15 is 0 Å². The minimum Gasteiger partial charge on any atom is -0.384 e. The van der Waals surface area contributed by atoms with Gasteiger partial charge >= 0.3 is 0 Å². The van der Waals surface area contributed by atoms with Gasteiger partial charge in [0.1, 0.15) is 5.78 Å². The second-order valence-corrected chi connectivity index (χ2v) is 3.28. The Bertz CT molecular complexity index is 93.6. The number of carbonyl (C=O) groups excluding carboxylic acids is 1. The number of hydrogen-bond acceptors (Lipinski definition) is 3. The van der Waals surface area contributed by atoms with Gasteiger partial charge in [-0.25, -0.2) is 0 Å². The maximum absolute atomic E-state index is 10.4. The van der Waals surface area contributed by atoms with E-state index in [0.717, 1.165) is 18.1 Å².